The highest BCUT2D eigenvalue weighted by molar-refractivity contribution is 6.67. The van der Waals surface area contributed by atoms with E-state index in [1.807, 2.05) is 6.08 Å². The summed E-state index contributed by atoms with van der Waals surface area (Å²) in [6.07, 6.45) is 7.42. The van der Waals surface area contributed by atoms with Crippen LogP contribution in [0.15, 0.2) is 11.6 Å². The lowest BCUT2D eigenvalue weighted by Crippen LogP contribution is -1.91. The van der Waals surface area contributed by atoms with E-state index >= 15 is 0 Å². The van der Waals surface area contributed by atoms with Gasteiger partial charge in [0.2, 0.25) is 5.24 Å². The molecule has 0 aliphatic heterocycles. The van der Waals surface area contributed by atoms with Crippen molar-refractivity contribution < 1.29 is 4.79 Å². The Morgan fingerprint density at radius 3 is 2.90 bits per heavy atom. The van der Waals surface area contributed by atoms with Crippen LogP contribution in [0.4, 0.5) is 0 Å². The second-order valence-electron chi connectivity index (χ2n) is 2.60. The van der Waals surface area contributed by atoms with Crippen LogP contribution in [-0.4, -0.2) is 5.24 Å². The third-order valence-corrected chi connectivity index (χ3v) is 2.04. The molecule has 0 aromatic heterocycles. The number of rotatable bonds is 1. The highest BCUT2D eigenvalue weighted by atomic mass is 35.5. The molecule has 1 nitrogen and oxygen atoms in total. The molecule has 56 valence electrons. The van der Waals surface area contributed by atoms with Crippen molar-refractivity contribution in [3.8, 4) is 0 Å². The Labute approximate surface area is 66.1 Å². The van der Waals surface area contributed by atoms with E-state index in [1.54, 1.807) is 0 Å². The fourth-order valence-corrected chi connectivity index (χ4v) is 1.37. The first-order valence-corrected chi connectivity index (χ1v) is 4.07. The molecule has 0 atom stereocenters. The van der Waals surface area contributed by atoms with Gasteiger partial charge in [0.05, 0.1) is 0 Å². The third kappa shape index (κ3) is 2.14. The second-order valence-corrected chi connectivity index (χ2v) is 2.95. The van der Waals surface area contributed by atoms with Crippen molar-refractivity contribution in [3.63, 3.8) is 0 Å². The van der Waals surface area contributed by atoms with Crippen molar-refractivity contribution in [3.05, 3.63) is 11.6 Å². The molecule has 1 rings (SSSR count). The summed E-state index contributed by atoms with van der Waals surface area (Å²) in [4.78, 5) is 10.6. The number of hydrogen-bond donors (Lipinski definition) is 0. The van der Waals surface area contributed by atoms with Crippen molar-refractivity contribution in [2.75, 3.05) is 0 Å². The van der Waals surface area contributed by atoms with Crippen molar-refractivity contribution >= 4 is 16.8 Å². The van der Waals surface area contributed by atoms with E-state index in [2.05, 4.69) is 0 Å². The van der Waals surface area contributed by atoms with Crippen molar-refractivity contribution in [1.82, 2.24) is 0 Å². The van der Waals surface area contributed by atoms with E-state index in [0.717, 1.165) is 24.8 Å². The van der Waals surface area contributed by atoms with Gasteiger partial charge in [-0.15, -0.1) is 0 Å². The average Bonchev–Trinajstić information content (AvgIpc) is 2.12. The number of hydrogen-bond acceptors (Lipinski definition) is 1. The summed E-state index contributed by atoms with van der Waals surface area (Å²) in [5, 5.41) is -0.262. The highest BCUT2D eigenvalue weighted by Crippen LogP contribution is 2.18. The molecule has 0 spiro atoms. The molecule has 0 heterocycles. The molecule has 0 saturated carbocycles. The number of carbonyl (C=O) groups excluding carboxylic acids is 1. The van der Waals surface area contributed by atoms with Gasteiger partial charge >= 0.3 is 0 Å². The Kier molecular flexibility index (Phi) is 2.94. The molecule has 0 N–H and O–H groups in total. The third-order valence-electron chi connectivity index (χ3n) is 1.79. The van der Waals surface area contributed by atoms with Crippen LogP contribution in [0.25, 0.3) is 0 Å². The minimum absolute atomic E-state index is 0.262. The molecule has 2 heteroatoms. The van der Waals surface area contributed by atoms with Gasteiger partial charge in [-0.1, -0.05) is 12.5 Å². The smallest absolute Gasteiger partial charge is 0.248 e. The minimum Gasteiger partial charge on any atom is -0.276 e. The first-order valence-electron chi connectivity index (χ1n) is 3.69. The maximum Gasteiger partial charge on any atom is 0.248 e. The Morgan fingerprint density at radius 2 is 2.20 bits per heavy atom. The van der Waals surface area contributed by atoms with Crippen LogP contribution in [0.3, 0.4) is 0 Å². The first kappa shape index (κ1) is 7.80. The van der Waals surface area contributed by atoms with Gasteiger partial charge in [0.25, 0.3) is 0 Å². The SMILES string of the molecule is O=C(Cl)C1=CCCCCC1. The Balaban J connectivity index is 2.54. The summed E-state index contributed by atoms with van der Waals surface area (Å²) in [5.74, 6) is 0. The number of halogens is 1. The van der Waals surface area contributed by atoms with Crippen molar-refractivity contribution in [2.45, 2.75) is 32.1 Å². The predicted molar refractivity (Wildman–Crippen MR) is 42.0 cm³/mol. The molecular formula is C8H11ClO. The molecule has 0 fully saturated rings. The Bertz CT molecular complexity index is 161. The molecule has 1 aliphatic rings. The van der Waals surface area contributed by atoms with Crippen LogP contribution in [0.2, 0.25) is 0 Å². The summed E-state index contributed by atoms with van der Waals surface area (Å²) in [6, 6.07) is 0. The predicted octanol–water partition coefficient (Wildman–Crippen LogP) is 2.64. The van der Waals surface area contributed by atoms with E-state index in [9.17, 15) is 4.79 Å². The van der Waals surface area contributed by atoms with Gasteiger partial charge in [0, 0.05) is 5.57 Å². The molecule has 0 aromatic carbocycles. The zero-order chi connectivity index (χ0) is 7.40. The monoisotopic (exact) mass is 158 g/mol. The normalized spacial score (nSPS) is 19.5. The van der Waals surface area contributed by atoms with Crippen LogP contribution in [-0.2, 0) is 4.79 Å². The molecule has 0 saturated heterocycles. The van der Waals surface area contributed by atoms with Gasteiger partial charge in [-0.05, 0) is 37.3 Å². The zero-order valence-electron chi connectivity index (χ0n) is 5.90. The maximum absolute atomic E-state index is 10.6. The van der Waals surface area contributed by atoms with Gasteiger partial charge in [-0.2, -0.15) is 0 Å². The number of carbonyl (C=O) groups is 1. The Hall–Kier alpha value is -0.300. The summed E-state index contributed by atoms with van der Waals surface area (Å²) in [7, 11) is 0. The topological polar surface area (TPSA) is 17.1 Å². The summed E-state index contributed by atoms with van der Waals surface area (Å²) in [5.41, 5.74) is 0.819. The van der Waals surface area contributed by atoms with Crippen molar-refractivity contribution in [2.24, 2.45) is 0 Å². The lowest BCUT2D eigenvalue weighted by Gasteiger charge is -1.94. The molecule has 0 unspecified atom stereocenters. The molecular weight excluding hydrogens is 148 g/mol. The summed E-state index contributed by atoms with van der Waals surface area (Å²) < 4.78 is 0. The molecule has 0 aromatic rings. The molecule has 0 amide bonds. The number of allylic oxidation sites excluding steroid dienone is 2. The maximum atomic E-state index is 10.6. The minimum atomic E-state index is -0.262. The van der Waals surface area contributed by atoms with Gasteiger partial charge in [0.1, 0.15) is 0 Å². The van der Waals surface area contributed by atoms with Gasteiger partial charge in [-0.3, -0.25) is 4.79 Å². The highest BCUT2D eigenvalue weighted by Gasteiger charge is 2.07. The zero-order valence-corrected chi connectivity index (χ0v) is 6.66. The molecule has 10 heavy (non-hydrogen) atoms. The van der Waals surface area contributed by atoms with Crippen LogP contribution < -0.4 is 0 Å². The quantitative estimate of drug-likeness (QED) is 0.537. The van der Waals surface area contributed by atoms with Crippen molar-refractivity contribution in [1.29, 1.82) is 0 Å². The van der Waals surface area contributed by atoms with Crippen LogP contribution in [0.1, 0.15) is 32.1 Å². The van der Waals surface area contributed by atoms with E-state index in [-0.39, 0.29) is 5.24 Å². The fraction of sp³-hybridized carbons (Fsp3) is 0.625. The lowest BCUT2D eigenvalue weighted by molar-refractivity contribution is -0.108. The van der Waals surface area contributed by atoms with E-state index in [0.29, 0.717) is 0 Å². The molecule has 0 radical (unpaired) electrons. The lowest BCUT2D eigenvalue weighted by atomic mass is 10.1. The average molecular weight is 159 g/mol. The van der Waals surface area contributed by atoms with Crippen LogP contribution in [0.5, 0.6) is 0 Å². The standard InChI is InChI=1S/C8H11ClO/c9-8(10)7-5-3-1-2-4-6-7/h5H,1-4,6H2. The van der Waals surface area contributed by atoms with E-state index < -0.39 is 0 Å². The summed E-state index contributed by atoms with van der Waals surface area (Å²) in [6.45, 7) is 0. The fourth-order valence-electron chi connectivity index (χ4n) is 1.19. The molecule has 1 aliphatic carbocycles. The molecule has 0 bridgehead atoms. The summed E-state index contributed by atoms with van der Waals surface area (Å²) >= 11 is 5.32. The van der Waals surface area contributed by atoms with E-state index in [4.69, 9.17) is 11.6 Å². The van der Waals surface area contributed by atoms with Crippen LogP contribution >= 0.6 is 11.6 Å². The second kappa shape index (κ2) is 3.77. The van der Waals surface area contributed by atoms with Gasteiger partial charge < -0.3 is 0 Å². The largest absolute Gasteiger partial charge is 0.276 e. The van der Waals surface area contributed by atoms with Gasteiger partial charge in [0.15, 0.2) is 0 Å². The van der Waals surface area contributed by atoms with Crippen LogP contribution in [0, 0.1) is 0 Å². The van der Waals surface area contributed by atoms with Gasteiger partial charge in [-0.25, -0.2) is 0 Å². The van der Waals surface area contributed by atoms with E-state index in [1.165, 1.54) is 12.8 Å². The first-order chi connectivity index (χ1) is 4.80. The Morgan fingerprint density at radius 1 is 1.40 bits per heavy atom.